The van der Waals surface area contributed by atoms with Crippen LogP contribution in [0.15, 0.2) is 30.3 Å². The smallest absolute Gasteiger partial charge is 0.325 e. The molecular weight excluding hydrogens is 254 g/mol. The number of carbonyl (C=O) groups is 2. The predicted molar refractivity (Wildman–Crippen MR) is 76.2 cm³/mol. The van der Waals surface area contributed by atoms with Crippen molar-refractivity contribution >= 4 is 11.9 Å². The monoisotopic (exact) mass is 275 g/mol. The van der Waals surface area contributed by atoms with Crippen LogP contribution in [0, 0.1) is 0 Å². The third kappa shape index (κ3) is 2.84. The number of benzene rings is 1. The van der Waals surface area contributed by atoms with Gasteiger partial charge in [0.1, 0.15) is 6.54 Å². The molecule has 2 rings (SSSR count). The maximum absolute atomic E-state index is 12.8. The fourth-order valence-electron chi connectivity index (χ4n) is 2.55. The minimum atomic E-state index is -0.412. The van der Waals surface area contributed by atoms with E-state index in [4.69, 9.17) is 0 Å². The molecule has 0 N–H and O–H groups in total. The number of ether oxygens (including phenoxy) is 1. The van der Waals surface area contributed by atoms with Crippen LogP contribution in [0.3, 0.4) is 0 Å². The summed E-state index contributed by atoms with van der Waals surface area (Å²) in [5, 5.41) is 0. The van der Waals surface area contributed by atoms with E-state index < -0.39 is 5.41 Å². The molecule has 1 fully saturated rings. The standard InChI is InChI=1S/C16H21NO3/c1-3-11-17(12-14(18)20-2)15(19)16(9-10-16)13-7-5-4-6-8-13/h4-8H,3,9-12H2,1-2H3. The molecule has 0 atom stereocenters. The van der Waals surface area contributed by atoms with Gasteiger partial charge in [0.05, 0.1) is 12.5 Å². The van der Waals surface area contributed by atoms with Gasteiger partial charge in [-0.25, -0.2) is 0 Å². The number of esters is 1. The Hall–Kier alpha value is -1.84. The van der Waals surface area contributed by atoms with Crippen molar-refractivity contribution in [1.82, 2.24) is 4.90 Å². The molecule has 4 heteroatoms. The maximum atomic E-state index is 12.8. The van der Waals surface area contributed by atoms with Crippen LogP contribution in [-0.2, 0) is 19.7 Å². The van der Waals surface area contributed by atoms with Crippen molar-refractivity contribution in [3.8, 4) is 0 Å². The van der Waals surface area contributed by atoms with Crippen molar-refractivity contribution in [1.29, 1.82) is 0 Å². The molecule has 0 spiro atoms. The lowest BCUT2D eigenvalue weighted by molar-refractivity contribution is -0.148. The van der Waals surface area contributed by atoms with E-state index >= 15 is 0 Å². The summed E-state index contributed by atoms with van der Waals surface area (Å²) in [6, 6.07) is 9.84. The average Bonchev–Trinajstić information content (AvgIpc) is 3.28. The number of carbonyl (C=O) groups excluding carboxylic acids is 2. The van der Waals surface area contributed by atoms with E-state index in [1.54, 1.807) is 4.90 Å². The largest absolute Gasteiger partial charge is 0.468 e. The van der Waals surface area contributed by atoms with E-state index in [1.165, 1.54) is 7.11 Å². The van der Waals surface area contributed by atoms with Crippen LogP contribution >= 0.6 is 0 Å². The highest BCUT2D eigenvalue weighted by atomic mass is 16.5. The molecule has 1 aliphatic rings. The SMILES string of the molecule is CCCN(CC(=O)OC)C(=O)C1(c2ccccc2)CC1. The summed E-state index contributed by atoms with van der Waals surface area (Å²) < 4.78 is 4.68. The molecule has 0 aromatic heterocycles. The van der Waals surface area contributed by atoms with E-state index in [0.29, 0.717) is 6.54 Å². The summed E-state index contributed by atoms with van der Waals surface area (Å²) in [6.07, 6.45) is 2.54. The summed E-state index contributed by atoms with van der Waals surface area (Å²) in [7, 11) is 1.35. The minimum absolute atomic E-state index is 0.0394. The Labute approximate surface area is 119 Å². The molecule has 1 saturated carbocycles. The first-order valence-electron chi connectivity index (χ1n) is 7.06. The van der Waals surface area contributed by atoms with Crippen molar-refractivity contribution in [2.75, 3.05) is 20.2 Å². The quantitative estimate of drug-likeness (QED) is 0.747. The third-order valence-electron chi connectivity index (χ3n) is 3.81. The lowest BCUT2D eigenvalue weighted by atomic mass is 9.94. The molecular formula is C16H21NO3. The summed E-state index contributed by atoms with van der Waals surface area (Å²) in [4.78, 5) is 25.9. The first kappa shape index (κ1) is 14.6. The Morgan fingerprint density at radius 3 is 2.40 bits per heavy atom. The fourth-order valence-corrected chi connectivity index (χ4v) is 2.55. The lowest BCUT2D eigenvalue weighted by Gasteiger charge is -2.26. The Bertz CT molecular complexity index is 480. The van der Waals surface area contributed by atoms with Gasteiger partial charge in [-0.1, -0.05) is 37.3 Å². The first-order chi connectivity index (χ1) is 9.64. The maximum Gasteiger partial charge on any atom is 0.325 e. The number of hydrogen-bond acceptors (Lipinski definition) is 3. The van der Waals surface area contributed by atoms with E-state index in [2.05, 4.69) is 4.74 Å². The van der Waals surface area contributed by atoms with Gasteiger partial charge in [-0.2, -0.15) is 0 Å². The van der Waals surface area contributed by atoms with Gasteiger partial charge < -0.3 is 9.64 Å². The van der Waals surface area contributed by atoms with Crippen molar-refractivity contribution in [3.63, 3.8) is 0 Å². The highest BCUT2D eigenvalue weighted by Crippen LogP contribution is 2.49. The highest BCUT2D eigenvalue weighted by molar-refractivity contribution is 5.93. The summed E-state index contributed by atoms with van der Waals surface area (Å²) in [5.74, 6) is -0.313. The minimum Gasteiger partial charge on any atom is -0.468 e. The third-order valence-corrected chi connectivity index (χ3v) is 3.81. The van der Waals surface area contributed by atoms with E-state index in [-0.39, 0.29) is 18.4 Å². The Kier molecular flexibility index (Phi) is 4.42. The summed E-state index contributed by atoms with van der Waals surface area (Å²) in [5.41, 5.74) is 0.640. The van der Waals surface area contributed by atoms with Crippen LogP contribution in [-0.4, -0.2) is 37.0 Å². The molecule has 108 valence electrons. The van der Waals surface area contributed by atoms with Crippen molar-refractivity contribution in [2.24, 2.45) is 0 Å². The fraction of sp³-hybridized carbons (Fsp3) is 0.500. The van der Waals surface area contributed by atoms with Gasteiger partial charge in [-0.15, -0.1) is 0 Å². The van der Waals surface area contributed by atoms with E-state index in [0.717, 1.165) is 24.8 Å². The molecule has 0 bridgehead atoms. The number of hydrogen-bond donors (Lipinski definition) is 0. The molecule has 1 aromatic rings. The molecule has 1 amide bonds. The van der Waals surface area contributed by atoms with E-state index in [1.807, 2.05) is 37.3 Å². The molecule has 0 heterocycles. The molecule has 0 aliphatic heterocycles. The second-order valence-electron chi connectivity index (χ2n) is 5.25. The molecule has 4 nitrogen and oxygen atoms in total. The normalized spacial score (nSPS) is 15.5. The highest BCUT2D eigenvalue weighted by Gasteiger charge is 2.52. The Balaban J connectivity index is 2.17. The van der Waals surface area contributed by atoms with Crippen molar-refractivity contribution < 1.29 is 14.3 Å². The van der Waals surface area contributed by atoms with Gasteiger partial charge in [-0.05, 0) is 24.8 Å². The first-order valence-corrected chi connectivity index (χ1v) is 7.06. The average molecular weight is 275 g/mol. The summed E-state index contributed by atoms with van der Waals surface area (Å²) >= 11 is 0. The summed E-state index contributed by atoms with van der Waals surface area (Å²) in [6.45, 7) is 2.62. The van der Waals surface area contributed by atoms with Gasteiger partial charge >= 0.3 is 5.97 Å². The Morgan fingerprint density at radius 1 is 1.25 bits per heavy atom. The molecule has 20 heavy (non-hydrogen) atoms. The van der Waals surface area contributed by atoms with Crippen LogP contribution < -0.4 is 0 Å². The number of rotatable bonds is 6. The van der Waals surface area contributed by atoms with Crippen LogP contribution in [0.2, 0.25) is 0 Å². The second kappa shape index (κ2) is 6.07. The van der Waals surface area contributed by atoms with Crippen LogP contribution in [0.5, 0.6) is 0 Å². The van der Waals surface area contributed by atoms with Gasteiger partial charge in [0.25, 0.3) is 0 Å². The topological polar surface area (TPSA) is 46.6 Å². The zero-order chi connectivity index (χ0) is 14.6. The number of methoxy groups -OCH3 is 1. The van der Waals surface area contributed by atoms with Crippen LogP contribution in [0.25, 0.3) is 0 Å². The zero-order valence-corrected chi connectivity index (χ0v) is 12.1. The lowest BCUT2D eigenvalue weighted by Crippen LogP contribution is -2.43. The molecule has 0 saturated heterocycles. The zero-order valence-electron chi connectivity index (χ0n) is 12.1. The Morgan fingerprint density at radius 2 is 1.90 bits per heavy atom. The van der Waals surface area contributed by atoms with Crippen LogP contribution in [0.4, 0.5) is 0 Å². The van der Waals surface area contributed by atoms with Crippen molar-refractivity contribution in [2.45, 2.75) is 31.6 Å². The number of nitrogens with zero attached hydrogens (tertiary/aromatic N) is 1. The number of amides is 1. The van der Waals surface area contributed by atoms with Gasteiger partial charge in [-0.3, -0.25) is 9.59 Å². The molecule has 0 unspecified atom stereocenters. The van der Waals surface area contributed by atoms with Gasteiger partial charge in [0, 0.05) is 6.54 Å². The van der Waals surface area contributed by atoms with Crippen LogP contribution in [0.1, 0.15) is 31.7 Å². The van der Waals surface area contributed by atoms with E-state index in [9.17, 15) is 9.59 Å². The second-order valence-corrected chi connectivity index (χ2v) is 5.25. The molecule has 1 aliphatic carbocycles. The van der Waals surface area contributed by atoms with Crippen molar-refractivity contribution in [3.05, 3.63) is 35.9 Å². The van der Waals surface area contributed by atoms with Gasteiger partial charge in [0.2, 0.25) is 5.91 Å². The van der Waals surface area contributed by atoms with Gasteiger partial charge in [0.15, 0.2) is 0 Å². The molecule has 1 aromatic carbocycles. The molecule has 0 radical (unpaired) electrons. The predicted octanol–water partition coefficient (Wildman–Crippen LogP) is 2.13.